The monoisotopic (exact) mass is 414 g/mol. The molecule has 0 fully saturated rings. The van der Waals surface area contributed by atoms with Gasteiger partial charge in [0.15, 0.2) is 0 Å². The third-order valence-corrected chi connectivity index (χ3v) is 5.31. The average Bonchev–Trinajstić information content (AvgIpc) is 2.37. The number of aromatic hydroxyl groups is 1. The van der Waals surface area contributed by atoms with Crippen LogP contribution in [0.3, 0.4) is 0 Å². The molecule has 25 heavy (non-hydrogen) atoms. The molecular weight excluding hydrogens is 382 g/mol. The Morgan fingerprint density at radius 3 is 1.84 bits per heavy atom. The first-order chi connectivity index (χ1) is 10.8. The van der Waals surface area contributed by atoms with Gasteiger partial charge in [-0.05, 0) is 33.9 Å². The SMILES string of the molecule is CCCCOP(=O)(O)Cc1cc(C(C)(C)C)c(O)c(C(C)(C)C)c1.[Ni]. The van der Waals surface area contributed by atoms with Crippen molar-refractivity contribution in [1.82, 2.24) is 0 Å². The summed E-state index contributed by atoms with van der Waals surface area (Å²) in [6.45, 7) is 14.4. The van der Waals surface area contributed by atoms with Gasteiger partial charge in [-0.1, -0.05) is 67.0 Å². The minimum absolute atomic E-state index is 0. The molecule has 148 valence electrons. The summed E-state index contributed by atoms with van der Waals surface area (Å²) in [4.78, 5) is 10.1. The maximum atomic E-state index is 12.3. The number of phenols is 1. The third kappa shape index (κ3) is 7.43. The van der Waals surface area contributed by atoms with Crippen LogP contribution in [-0.4, -0.2) is 16.6 Å². The van der Waals surface area contributed by atoms with Gasteiger partial charge in [0.2, 0.25) is 0 Å². The molecular formula is C19H33NiO4P. The zero-order chi connectivity index (χ0) is 18.8. The summed E-state index contributed by atoms with van der Waals surface area (Å²) >= 11 is 0. The van der Waals surface area contributed by atoms with E-state index in [0.29, 0.717) is 6.61 Å². The molecule has 6 heteroatoms. The fraction of sp³-hybridized carbons (Fsp3) is 0.684. The Kier molecular flexibility index (Phi) is 8.92. The summed E-state index contributed by atoms with van der Waals surface area (Å²) in [5, 5.41) is 10.7. The molecule has 1 aromatic rings. The molecule has 0 radical (unpaired) electrons. The third-order valence-electron chi connectivity index (χ3n) is 3.96. The fourth-order valence-corrected chi connectivity index (χ4v) is 3.71. The van der Waals surface area contributed by atoms with E-state index in [1.165, 1.54) is 0 Å². The molecule has 1 unspecified atom stereocenters. The Balaban J connectivity index is 0.00000576. The maximum absolute atomic E-state index is 12.3. The minimum Gasteiger partial charge on any atom is -0.507 e. The normalized spacial score (nSPS) is 14.7. The predicted octanol–water partition coefficient (Wildman–Crippen LogP) is 5.49. The summed E-state index contributed by atoms with van der Waals surface area (Å²) in [5.74, 6) is 0.276. The summed E-state index contributed by atoms with van der Waals surface area (Å²) in [6, 6.07) is 3.66. The van der Waals surface area contributed by atoms with Crippen molar-refractivity contribution >= 4 is 7.60 Å². The van der Waals surface area contributed by atoms with Gasteiger partial charge in [0, 0.05) is 16.5 Å². The van der Waals surface area contributed by atoms with Crippen LogP contribution < -0.4 is 0 Å². The minimum atomic E-state index is -3.69. The molecule has 0 aliphatic rings. The standard InChI is InChI=1S/C19H33O4P.Ni/c1-8-9-10-23-24(21,22)13-14-11-15(18(2,3)4)17(20)16(12-14)19(5,6)7;/h11-12,20H,8-10,13H2,1-7H3,(H,21,22);. The van der Waals surface area contributed by atoms with Crippen LogP contribution in [0.1, 0.15) is 78.0 Å². The van der Waals surface area contributed by atoms with Gasteiger partial charge in [-0.2, -0.15) is 0 Å². The second-order valence-corrected chi connectivity index (χ2v) is 10.4. The Labute approximate surface area is 162 Å². The Morgan fingerprint density at radius 1 is 1.04 bits per heavy atom. The topological polar surface area (TPSA) is 66.8 Å². The van der Waals surface area contributed by atoms with Gasteiger partial charge in [-0.15, -0.1) is 0 Å². The van der Waals surface area contributed by atoms with Crippen LogP contribution >= 0.6 is 7.60 Å². The quantitative estimate of drug-likeness (QED) is 0.367. The molecule has 0 saturated carbocycles. The molecule has 0 spiro atoms. The van der Waals surface area contributed by atoms with Crippen molar-refractivity contribution in [3.05, 3.63) is 28.8 Å². The first-order valence-corrected chi connectivity index (χ1v) is 10.4. The molecule has 0 aliphatic carbocycles. The molecule has 1 atom stereocenters. The second kappa shape index (κ2) is 9.04. The van der Waals surface area contributed by atoms with Crippen molar-refractivity contribution in [3.63, 3.8) is 0 Å². The van der Waals surface area contributed by atoms with Crippen LogP contribution in [0.4, 0.5) is 0 Å². The van der Waals surface area contributed by atoms with E-state index in [9.17, 15) is 14.6 Å². The van der Waals surface area contributed by atoms with Crippen molar-refractivity contribution in [1.29, 1.82) is 0 Å². The number of unbranched alkanes of at least 4 members (excludes halogenated alkanes) is 1. The summed E-state index contributed by atoms with van der Waals surface area (Å²) in [5.41, 5.74) is 1.78. The second-order valence-electron chi connectivity index (χ2n) is 8.52. The van der Waals surface area contributed by atoms with E-state index >= 15 is 0 Å². The van der Waals surface area contributed by atoms with Gasteiger partial charge in [-0.25, -0.2) is 0 Å². The molecule has 0 aliphatic heterocycles. The van der Waals surface area contributed by atoms with Crippen LogP contribution in [0.25, 0.3) is 0 Å². The zero-order valence-corrected chi connectivity index (χ0v) is 18.3. The first-order valence-electron chi connectivity index (χ1n) is 8.61. The van der Waals surface area contributed by atoms with E-state index in [-0.39, 0.29) is 39.2 Å². The molecule has 0 saturated heterocycles. The van der Waals surface area contributed by atoms with Gasteiger partial charge < -0.3 is 14.5 Å². The zero-order valence-electron chi connectivity index (χ0n) is 16.5. The van der Waals surface area contributed by atoms with Crippen LogP contribution in [0.5, 0.6) is 5.75 Å². The van der Waals surface area contributed by atoms with E-state index in [1.807, 2.05) is 60.6 Å². The van der Waals surface area contributed by atoms with Gasteiger partial charge in [0.05, 0.1) is 12.8 Å². The molecule has 1 aromatic carbocycles. The van der Waals surface area contributed by atoms with Gasteiger partial charge >= 0.3 is 7.60 Å². The van der Waals surface area contributed by atoms with E-state index in [0.717, 1.165) is 29.5 Å². The predicted molar refractivity (Wildman–Crippen MR) is 99.9 cm³/mol. The summed E-state index contributed by atoms with van der Waals surface area (Å²) in [6.07, 6.45) is 1.64. The Bertz CT molecular complexity index is 580. The van der Waals surface area contributed by atoms with E-state index in [2.05, 4.69) is 0 Å². The van der Waals surface area contributed by atoms with Crippen LogP contribution in [0.15, 0.2) is 12.1 Å². The number of phenolic OH excluding ortho intramolecular Hbond substituents is 1. The number of rotatable bonds is 6. The van der Waals surface area contributed by atoms with Crippen LogP contribution in [0, 0.1) is 0 Å². The van der Waals surface area contributed by atoms with E-state index in [4.69, 9.17) is 4.52 Å². The van der Waals surface area contributed by atoms with Crippen molar-refractivity contribution < 1.29 is 35.6 Å². The van der Waals surface area contributed by atoms with Gasteiger partial charge in [0.1, 0.15) is 5.75 Å². The number of hydrogen-bond donors (Lipinski definition) is 2. The molecule has 0 amide bonds. The number of benzene rings is 1. The van der Waals surface area contributed by atoms with Crippen molar-refractivity contribution in [3.8, 4) is 5.75 Å². The largest absolute Gasteiger partial charge is 0.507 e. The Morgan fingerprint density at radius 2 is 1.48 bits per heavy atom. The molecule has 0 bridgehead atoms. The molecule has 2 N–H and O–H groups in total. The Hall–Kier alpha value is -0.336. The van der Waals surface area contributed by atoms with Gasteiger partial charge in [0.25, 0.3) is 0 Å². The molecule has 4 nitrogen and oxygen atoms in total. The van der Waals surface area contributed by atoms with Crippen LogP contribution in [-0.2, 0) is 42.6 Å². The number of hydrogen-bond acceptors (Lipinski definition) is 3. The fourth-order valence-electron chi connectivity index (χ4n) is 2.56. The van der Waals surface area contributed by atoms with Crippen molar-refractivity contribution in [2.24, 2.45) is 0 Å². The molecule has 0 heterocycles. The van der Waals surface area contributed by atoms with Crippen LogP contribution in [0.2, 0.25) is 0 Å². The van der Waals surface area contributed by atoms with Crippen molar-refractivity contribution in [2.45, 2.75) is 78.3 Å². The van der Waals surface area contributed by atoms with E-state index in [1.54, 1.807) is 0 Å². The average molecular weight is 415 g/mol. The first kappa shape index (κ1) is 24.7. The van der Waals surface area contributed by atoms with Crippen molar-refractivity contribution in [2.75, 3.05) is 6.61 Å². The maximum Gasteiger partial charge on any atom is 0.332 e. The van der Waals surface area contributed by atoms with E-state index < -0.39 is 7.60 Å². The van der Waals surface area contributed by atoms with Gasteiger partial charge in [-0.3, -0.25) is 4.57 Å². The molecule has 1 rings (SSSR count). The summed E-state index contributed by atoms with van der Waals surface area (Å²) in [7, 11) is -3.69. The summed E-state index contributed by atoms with van der Waals surface area (Å²) < 4.78 is 17.5. The molecule has 0 aromatic heterocycles. The smallest absolute Gasteiger partial charge is 0.332 e.